The SMILES string of the molecule is CCOC(=O)C(=O)C=C(O)c1cn(Cc2cc(C)ccc2C)c2cccc(O)c12. The lowest BCUT2D eigenvalue weighted by Crippen LogP contribution is -2.15. The van der Waals surface area contributed by atoms with Crippen LogP contribution in [0.2, 0.25) is 0 Å². The monoisotopic (exact) mass is 393 g/mol. The zero-order valence-corrected chi connectivity index (χ0v) is 16.6. The summed E-state index contributed by atoms with van der Waals surface area (Å²) in [5.74, 6) is -2.44. The van der Waals surface area contributed by atoms with Crippen LogP contribution in [0.5, 0.6) is 5.75 Å². The average molecular weight is 393 g/mol. The molecule has 0 unspecified atom stereocenters. The maximum Gasteiger partial charge on any atom is 0.379 e. The van der Waals surface area contributed by atoms with Gasteiger partial charge in [-0.2, -0.15) is 0 Å². The van der Waals surface area contributed by atoms with Crippen LogP contribution in [0.1, 0.15) is 29.2 Å². The molecule has 0 bridgehead atoms. The second kappa shape index (κ2) is 8.22. The van der Waals surface area contributed by atoms with Crippen LogP contribution in [0.25, 0.3) is 16.7 Å². The molecular formula is C23H23NO5. The number of hydrogen-bond acceptors (Lipinski definition) is 5. The quantitative estimate of drug-likeness (QED) is 0.286. The van der Waals surface area contributed by atoms with E-state index in [4.69, 9.17) is 0 Å². The first-order valence-corrected chi connectivity index (χ1v) is 9.31. The minimum atomic E-state index is -1.04. The summed E-state index contributed by atoms with van der Waals surface area (Å²) in [6.45, 7) is 6.22. The van der Waals surface area contributed by atoms with Gasteiger partial charge in [-0.15, -0.1) is 0 Å². The minimum absolute atomic E-state index is 0.0271. The molecule has 0 radical (unpaired) electrons. The van der Waals surface area contributed by atoms with Crippen molar-refractivity contribution < 1.29 is 24.5 Å². The molecule has 150 valence electrons. The van der Waals surface area contributed by atoms with Gasteiger partial charge in [-0.25, -0.2) is 4.79 Å². The minimum Gasteiger partial charge on any atom is -0.507 e. The van der Waals surface area contributed by atoms with E-state index in [-0.39, 0.29) is 17.9 Å². The Kier molecular flexibility index (Phi) is 5.73. The summed E-state index contributed by atoms with van der Waals surface area (Å²) in [5.41, 5.74) is 4.32. The number of fused-ring (bicyclic) bond motifs is 1. The molecule has 3 aromatic rings. The van der Waals surface area contributed by atoms with E-state index in [0.717, 1.165) is 22.8 Å². The van der Waals surface area contributed by atoms with Gasteiger partial charge in [0.2, 0.25) is 0 Å². The summed E-state index contributed by atoms with van der Waals surface area (Å²) in [7, 11) is 0. The number of ether oxygens (including phenoxy) is 1. The van der Waals surface area contributed by atoms with Crippen molar-refractivity contribution in [3.8, 4) is 5.75 Å². The van der Waals surface area contributed by atoms with Gasteiger partial charge >= 0.3 is 5.97 Å². The summed E-state index contributed by atoms with van der Waals surface area (Å²) >= 11 is 0. The van der Waals surface area contributed by atoms with Gasteiger partial charge < -0.3 is 19.5 Å². The lowest BCUT2D eigenvalue weighted by atomic mass is 10.1. The molecule has 0 saturated carbocycles. The lowest BCUT2D eigenvalue weighted by molar-refractivity contribution is -0.151. The second-order valence-corrected chi connectivity index (χ2v) is 6.89. The third-order valence-electron chi connectivity index (χ3n) is 4.75. The maximum absolute atomic E-state index is 11.9. The lowest BCUT2D eigenvalue weighted by Gasteiger charge is -2.10. The Morgan fingerprint density at radius 1 is 1.17 bits per heavy atom. The highest BCUT2D eigenvalue weighted by Gasteiger charge is 2.19. The first kappa shape index (κ1) is 20.2. The Morgan fingerprint density at radius 3 is 2.66 bits per heavy atom. The molecule has 1 heterocycles. The van der Waals surface area contributed by atoms with Gasteiger partial charge in [-0.1, -0.05) is 29.8 Å². The first-order chi connectivity index (χ1) is 13.8. The molecule has 0 atom stereocenters. The Balaban J connectivity index is 2.08. The normalized spacial score (nSPS) is 11.6. The number of aliphatic hydroxyl groups is 1. The van der Waals surface area contributed by atoms with Gasteiger partial charge in [0.25, 0.3) is 5.78 Å². The fourth-order valence-corrected chi connectivity index (χ4v) is 3.28. The van der Waals surface area contributed by atoms with E-state index in [0.29, 0.717) is 17.4 Å². The second-order valence-electron chi connectivity index (χ2n) is 6.89. The van der Waals surface area contributed by atoms with Crippen molar-refractivity contribution in [3.05, 3.63) is 70.9 Å². The highest BCUT2D eigenvalue weighted by Crippen LogP contribution is 2.33. The van der Waals surface area contributed by atoms with E-state index >= 15 is 0 Å². The Bertz CT molecular complexity index is 1120. The third-order valence-corrected chi connectivity index (χ3v) is 4.75. The van der Waals surface area contributed by atoms with E-state index in [1.54, 1.807) is 19.2 Å². The molecule has 6 heteroatoms. The molecule has 0 aliphatic carbocycles. The summed E-state index contributed by atoms with van der Waals surface area (Å²) < 4.78 is 6.56. The number of ketones is 1. The number of phenolic OH excluding ortho intramolecular Hbond substituents is 1. The summed E-state index contributed by atoms with van der Waals surface area (Å²) in [4.78, 5) is 23.5. The van der Waals surface area contributed by atoms with Crippen molar-refractivity contribution in [2.75, 3.05) is 6.61 Å². The van der Waals surface area contributed by atoms with E-state index < -0.39 is 17.5 Å². The van der Waals surface area contributed by atoms with Crippen molar-refractivity contribution >= 4 is 28.4 Å². The number of aromatic nitrogens is 1. The number of carbonyl (C=O) groups is 2. The van der Waals surface area contributed by atoms with Crippen LogP contribution in [0, 0.1) is 13.8 Å². The predicted octanol–water partition coefficient (Wildman–Crippen LogP) is 4.04. The molecule has 0 aliphatic heterocycles. The average Bonchev–Trinajstić information content (AvgIpc) is 3.05. The van der Waals surface area contributed by atoms with E-state index in [1.165, 1.54) is 6.07 Å². The Labute approximate surface area is 168 Å². The van der Waals surface area contributed by atoms with Crippen molar-refractivity contribution in [2.45, 2.75) is 27.3 Å². The number of nitrogens with zero attached hydrogens (tertiary/aromatic N) is 1. The molecular weight excluding hydrogens is 370 g/mol. The molecule has 2 aromatic carbocycles. The van der Waals surface area contributed by atoms with Crippen molar-refractivity contribution in [1.29, 1.82) is 0 Å². The zero-order chi connectivity index (χ0) is 21.1. The fourth-order valence-electron chi connectivity index (χ4n) is 3.28. The molecule has 0 saturated heterocycles. The number of phenols is 1. The number of carbonyl (C=O) groups excluding carboxylic acids is 2. The molecule has 2 N–H and O–H groups in total. The van der Waals surface area contributed by atoms with Crippen molar-refractivity contribution in [2.24, 2.45) is 0 Å². The molecule has 0 spiro atoms. The van der Waals surface area contributed by atoms with E-state index in [2.05, 4.69) is 10.8 Å². The van der Waals surface area contributed by atoms with Crippen LogP contribution in [0.4, 0.5) is 0 Å². The highest BCUT2D eigenvalue weighted by molar-refractivity contribution is 6.39. The number of aromatic hydroxyl groups is 1. The maximum atomic E-state index is 11.9. The number of esters is 1. The van der Waals surface area contributed by atoms with Gasteiger partial charge in [0, 0.05) is 24.4 Å². The largest absolute Gasteiger partial charge is 0.507 e. The van der Waals surface area contributed by atoms with Gasteiger partial charge in [-0.05, 0) is 44.0 Å². The topological polar surface area (TPSA) is 88.8 Å². The molecule has 0 fully saturated rings. The van der Waals surface area contributed by atoms with Crippen LogP contribution in [0.3, 0.4) is 0 Å². The Morgan fingerprint density at radius 2 is 1.93 bits per heavy atom. The highest BCUT2D eigenvalue weighted by atomic mass is 16.5. The van der Waals surface area contributed by atoms with Crippen LogP contribution in [-0.4, -0.2) is 33.1 Å². The first-order valence-electron chi connectivity index (χ1n) is 9.31. The Hall–Kier alpha value is -3.54. The molecule has 6 nitrogen and oxygen atoms in total. The number of hydrogen-bond donors (Lipinski definition) is 2. The van der Waals surface area contributed by atoms with Crippen LogP contribution in [-0.2, 0) is 20.9 Å². The van der Waals surface area contributed by atoms with Crippen molar-refractivity contribution in [1.82, 2.24) is 4.57 Å². The molecule has 0 amide bonds. The zero-order valence-electron chi connectivity index (χ0n) is 16.6. The molecule has 1 aromatic heterocycles. The van der Waals surface area contributed by atoms with Crippen LogP contribution in [0.15, 0.2) is 48.7 Å². The van der Waals surface area contributed by atoms with E-state index in [1.807, 2.05) is 36.6 Å². The predicted molar refractivity (Wildman–Crippen MR) is 111 cm³/mol. The summed E-state index contributed by atoms with van der Waals surface area (Å²) in [5, 5.41) is 21.3. The number of aliphatic hydroxyl groups excluding tert-OH is 1. The molecule has 29 heavy (non-hydrogen) atoms. The standard InChI is InChI=1S/C23H23NO5/c1-4-29-23(28)21(27)11-20(26)17-13-24(18-6-5-7-19(25)22(17)18)12-16-10-14(2)8-9-15(16)3/h5-11,13,25-26H,4,12H2,1-3H3. The van der Waals surface area contributed by atoms with Crippen LogP contribution < -0.4 is 0 Å². The van der Waals surface area contributed by atoms with Crippen LogP contribution >= 0.6 is 0 Å². The van der Waals surface area contributed by atoms with Gasteiger partial charge in [-0.3, -0.25) is 4.79 Å². The number of rotatable bonds is 6. The van der Waals surface area contributed by atoms with Crippen molar-refractivity contribution in [3.63, 3.8) is 0 Å². The van der Waals surface area contributed by atoms with E-state index in [9.17, 15) is 19.8 Å². The van der Waals surface area contributed by atoms with Gasteiger partial charge in [0.1, 0.15) is 11.5 Å². The summed E-state index contributed by atoms with van der Waals surface area (Å²) in [6, 6.07) is 11.2. The number of aryl methyl sites for hydroxylation is 2. The molecule has 3 rings (SSSR count). The number of benzene rings is 2. The summed E-state index contributed by atoms with van der Waals surface area (Å²) in [6.07, 6.45) is 2.48. The third kappa shape index (κ3) is 4.16. The fraction of sp³-hybridized carbons (Fsp3) is 0.217. The smallest absolute Gasteiger partial charge is 0.379 e. The molecule has 0 aliphatic rings. The van der Waals surface area contributed by atoms with Gasteiger partial charge in [0.15, 0.2) is 0 Å². The van der Waals surface area contributed by atoms with Gasteiger partial charge in [0.05, 0.1) is 17.5 Å².